The van der Waals surface area contributed by atoms with Gasteiger partial charge in [-0.1, -0.05) is 36.7 Å². The molecule has 0 heterocycles. The van der Waals surface area contributed by atoms with Crippen molar-refractivity contribution in [3.8, 4) is 0 Å². The van der Waals surface area contributed by atoms with E-state index in [4.69, 9.17) is 4.74 Å². The lowest BCUT2D eigenvalue weighted by atomic mass is 9.84. The molecule has 2 nitrogen and oxygen atoms in total. The van der Waals surface area contributed by atoms with E-state index in [0.717, 1.165) is 4.47 Å². The number of benzene rings is 1. The van der Waals surface area contributed by atoms with Gasteiger partial charge in [0.25, 0.3) is 0 Å². The van der Waals surface area contributed by atoms with E-state index >= 15 is 0 Å². The zero-order valence-corrected chi connectivity index (χ0v) is 12.7. The molecule has 0 N–H and O–H groups in total. The third-order valence-electron chi connectivity index (χ3n) is 2.69. The maximum atomic E-state index is 13.2. The minimum Gasteiger partial charge on any atom is -0.373 e. The molecular formula is C14H18BrFO2. The standard InChI is InChI=1S/C14H18BrFO2/c1-14(2,3)13(18-4)12(17)8-9-7-10(16)5-6-11(9)15/h5-7,13H,8H2,1-4H3. The Morgan fingerprint density at radius 1 is 1.44 bits per heavy atom. The van der Waals surface area contributed by atoms with Crippen LogP contribution in [0.3, 0.4) is 0 Å². The molecule has 0 aromatic heterocycles. The second-order valence-corrected chi connectivity index (χ2v) is 6.21. The van der Waals surface area contributed by atoms with Crippen LogP contribution in [0.2, 0.25) is 0 Å². The molecule has 1 aromatic carbocycles. The Balaban J connectivity index is 2.90. The number of halogens is 2. The Bertz CT molecular complexity index is 438. The Morgan fingerprint density at radius 3 is 2.56 bits per heavy atom. The molecule has 0 spiro atoms. The third-order valence-corrected chi connectivity index (χ3v) is 3.46. The van der Waals surface area contributed by atoms with Crippen molar-refractivity contribution in [1.29, 1.82) is 0 Å². The van der Waals surface area contributed by atoms with Crippen LogP contribution in [0.1, 0.15) is 26.3 Å². The summed E-state index contributed by atoms with van der Waals surface area (Å²) < 4.78 is 19.1. The van der Waals surface area contributed by atoms with Crippen LogP contribution < -0.4 is 0 Å². The summed E-state index contributed by atoms with van der Waals surface area (Å²) in [5, 5.41) is 0. The summed E-state index contributed by atoms with van der Waals surface area (Å²) in [7, 11) is 1.52. The first-order valence-electron chi connectivity index (χ1n) is 5.75. The molecular weight excluding hydrogens is 299 g/mol. The van der Waals surface area contributed by atoms with Crippen LogP contribution in [0, 0.1) is 11.2 Å². The molecule has 0 radical (unpaired) electrons. The number of ketones is 1. The molecule has 100 valence electrons. The van der Waals surface area contributed by atoms with Gasteiger partial charge >= 0.3 is 0 Å². The molecule has 0 aliphatic carbocycles. The topological polar surface area (TPSA) is 26.3 Å². The second kappa shape index (κ2) is 5.93. The van der Waals surface area contributed by atoms with Gasteiger partial charge in [-0.25, -0.2) is 4.39 Å². The number of ether oxygens (including phenoxy) is 1. The lowest BCUT2D eigenvalue weighted by Crippen LogP contribution is -2.37. The van der Waals surface area contributed by atoms with E-state index in [1.165, 1.54) is 19.2 Å². The molecule has 0 bridgehead atoms. The van der Waals surface area contributed by atoms with Crippen molar-refractivity contribution >= 4 is 21.7 Å². The molecule has 0 fully saturated rings. The van der Waals surface area contributed by atoms with Crippen LogP contribution in [-0.2, 0) is 16.0 Å². The van der Waals surface area contributed by atoms with Crippen molar-refractivity contribution in [2.75, 3.05) is 7.11 Å². The number of hydrogen-bond acceptors (Lipinski definition) is 2. The second-order valence-electron chi connectivity index (χ2n) is 5.36. The minimum absolute atomic E-state index is 0.0451. The van der Waals surface area contributed by atoms with Crippen molar-refractivity contribution in [3.05, 3.63) is 34.1 Å². The Labute approximate surface area is 116 Å². The van der Waals surface area contributed by atoms with E-state index in [9.17, 15) is 9.18 Å². The molecule has 4 heteroatoms. The van der Waals surface area contributed by atoms with Crippen molar-refractivity contribution in [3.63, 3.8) is 0 Å². The van der Waals surface area contributed by atoms with Gasteiger partial charge in [0.15, 0.2) is 5.78 Å². The van der Waals surface area contributed by atoms with Crippen molar-refractivity contribution in [2.24, 2.45) is 5.41 Å². The van der Waals surface area contributed by atoms with Gasteiger partial charge in [0, 0.05) is 18.0 Å². The lowest BCUT2D eigenvalue weighted by Gasteiger charge is -2.28. The van der Waals surface area contributed by atoms with Gasteiger partial charge in [0.2, 0.25) is 0 Å². The SMILES string of the molecule is COC(C(=O)Cc1cc(F)ccc1Br)C(C)(C)C. The highest BCUT2D eigenvalue weighted by Gasteiger charge is 2.31. The van der Waals surface area contributed by atoms with E-state index in [1.807, 2.05) is 20.8 Å². The molecule has 1 aromatic rings. The average Bonchev–Trinajstić information content (AvgIpc) is 2.22. The minimum atomic E-state index is -0.493. The highest BCUT2D eigenvalue weighted by molar-refractivity contribution is 9.10. The summed E-state index contributed by atoms with van der Waals surface area (Å²) in [6.45, 7) is 5.83. The zero-order chi connectivity index (χ0) is 13.9. The highest BCUT2D eigenvalue weighted by atomic mass is 79.9. The molecule has 0 amide bonds. The highest BCUT2D eigenvalue weighted by Crippen LogP contribution is 2.25. The van der Waals surface area contributed by atoms with Gasteiger partial charge in [-0.15, -0.1) is 0 Å². The van der Waals surface area contributed by atoms with Gasteiger partial charge < -0.3 is 4.74 Å². The van der Waals surface area contributed by atoms with Crippen molar-refractivity contribution < 1.29 is 13.9 Å². The molecule has 0 saturated heterocycles. The van der Waals surface area contributed by atoms with Crippen LogP contribution in [0.15, 0.2) is 22.7 Å². The summed E-state index contributed by atoms with van der Waals surface area (Å²) in [5.41, 5.74) is 0.373. The lowest BCUT2D eigenvalue weighted by molar-refractivity contribution is -0.134. The maximum absolute atomic E-state index is 13.2. The fourth-order valence-corrected chi connectivity index (χ4v) is 2.31. The average molecular weight is 317 g/mol. The van der Waals surface area contributed by atoms with Crippen LogP contribution in [-0.4, -0.2) is 19.0 Å². The molecule has 0 saturated carbocycles. The fourth-order valence-electron chi connectivity index (χ4n) is 1.93. The zero-order valence-electron chi connectivity index (χ0n) is 11.1. The Kier molecular flexibility index (Phi) is 5.05. The van der Waals surface area contributed by atoms with Crippen molar-refractivity contribution in [1.82, 2.24) is 0 Å². The first kappa shape index (κ1) is 15.3. The van der Waals surface area contributed by atoms with E-state index in [1.54, 1.807) is 6.07 Å². The molecule has 0 aliphatic heterocycles. The molecule has 18 heavy (non-hydrogen) atoms. The van der Waals surface area contributed by atoms with Gasteiger partial charge in [-0.3, -0.25) is 4.79 Å². The molecule has 1 unspecified atom stereocenters. The van der Waals surface area contributed by atoms with Crippen LogP contribution >= 0.6 is 15.9 Å². The van der Waals surface area contributed by atoms with Gasteiger partial charge in [0.1, 0.15) is 11.9 Å². The van der Waals surface area contributed by atoms with Crippen LogP contribution in [0.4, 0.5) is 4.39 Å². The number of methoxy groups -OCH3 is 1. The normalized spacial score (nSPS) is 13.4. The Hall–Kier alpha value is -0.740. The summed E-state index contributed by atoms with van der Waals surface area (Å²) in [6, 6.07) is 4.34. The third kappa shape index (κ3) is 3.89. The summed E-state index contributed by atoms with van der Waals surface area (Å²) in [5.74, 6) is -0.387. The smallest absolute Gasteiger partial charge is 0.166 e. The van der Waals surface area contributed by atoms with Gasteiger partial charge in [-0.2, -0.15) is 0 Å². The summed E-state index contributed by atoms with van der Waals surface area (Å²) >= 11 is 3.32. The number of Topliss-reactive ketones (excluding diaryl/α,β-unsaturated/α-hetero) is 1. The molecule has 1 atom stereocenters. The van der Waals surface area contributed by atoms with Crippen molar-refractivity contribution in [2.45, 2.75) is 33.3 Å². The number of carbonyl (C=O) groups is 1. The van der Waals surface area contributed by atoms with Gasteiger partial charge in [-0.05, 0) is 29.2 Å². The Morgan fingerprint density at radius 2 is 2.06 bits per heavy atom. The van der Waals surface area contributed by atoms with E-state index in [0.29, 0.717) is 5.56 Å². The monoisotopic (exact) mass is 316 g/mol. The van der Waals surface area contributed by atoms with Gasteiger partial charge in [0.05, 0.1) is 0 Å². The number of rotatable bonds is 4. The van der Waals surface area contributed by atoms with E-state index < -0.39 is 6.10 Å². The van der Waals surface area contributed by atoms with E-state index in [2.05, 4.69) is 15.9 Å². The molecule has 1 rings (SSSR count). The van der Waals surface area contributed by atoms with E-state index in [-0.39, 0.29) is 23.4 Å². The number of carbonyl (C=O) groups excluding carboxylic acids is 1. The predicted octanol–water partition coefficient (Wildman–Crippen LogP) is 3.76. The summed E-state index contributed by atoms with van der Waals surface area (Å²) in [4.78, 5) is 12.2. The number of hydrogen-bond donors (Lipinski definition) is 0. The largest absolute Gasteiger partial charge is 0.373 e. The first-order valence-corrected chi connectivity index (χ1v) is 6.54. The maximum Gasteiger partial charge on any atom is 0.166 e. The predicted molar refractivity (Wildman–Crippen MR) is 73.1 cm³/mol. The fraction of sp³-hybridized carbons (Fsp3) is 0.500. The first-order chi connectivity index (χ1) is 8.25. The van der Waals surface area contributed by atoms with Crippen LogP contribution in [0.25, 0.3) is 0 Å². The van der Waals surface area contributed by atoms with Crippen LogP contribution in [0.5, 0.6) is 0 Å². The quantitative estimate of drug-likeness (QED) is 0.845. The molecule has 0 aliphatic rings. The summed E-state index contributed by atoms with van der Waals surface area (Å²) in [6.07, 6.45) is -0.332.